The molecule has 7 nitrogen and oxygen atoms in total. The van der Waals surface area contributed by atoms with Crippen molar-refractivity contribution in [2.45, 2.75) is 63.8 Å². The molecule has 0 unspecified atom stereocenters. The maximum Gasteiger partial charge on any atom is 0.229 e. The fourth-order valence-corrected chi connectivity index (χ4v) is 3.93. The van der Waals surface area contributed by atoms with Gasteiger partial charge in [-0.1, -0.05) is 19.0 Å². The minimum atomic E-state index is -0.177. The maximum atomic E-state index is 12.9. The zero-order chi connectivity index (χ0) is 17.6. The Hall–Kier alpha value is -1.92. The van der Waals surface area contributed by atoms with Gasteiger partial charge >= 0.3 is 0 Å². The molecule has 25 heavy (non-hydrogen) atoms. The molecule has 2 amide bonds. The van der Waals surface area contributed by atoms with Crippen LogP contribution in [0.3, 0.4) is 0 Å². The van der Waals surface area contributed by atoms with E-state index >= 15 is 0 Å². The highest BCUT2D eigenvalue weighted by Gasteiger charge is 2.43. The summed E-state index contributed by atoms with van der Waals surface area (Å²) in [5.41, 5.74) is 0. The topological polar surface area (TPSA) is 79.5 Å². The Balaban J connectivity index is 1.40. The van der Waals surface area contributed by atoms with Crippen molar-refractivity contribution in [2.75, 3.05) is 19.6 Å². The maximum absolute atomic E-state index is 12.9. The van der Waals surface area contributed by atoms with Crippen molar-refractivity contribution in [3.63, 3.8) is 0 Å². The molecule has 1 aromatic rings. The summed E-state index contributed by atoms with van der Waals surface area (Å²) in [6.07, 6.45) is 4.47. The number of hydrogen-bond acceptors (Lipinski definition) is 5. The summed E-state index contributed by atoms with van der Waals surface area (Å²) >= 11 is 0. The summed E-state index contributed by atoms with van der Waals surface area (Å²) in [4.78, 5) is 33.4. The van der Waals surface area contributed by atoms with Crippen LogP contribution in [0.15, 0.2) is 4.52 Å². The smallest absolute Gasteiger partial charge is 0.229 e. The van der Waals surface area contributed by atoms with E-state index in [1.807, 2.05) is 23.6 Å². The second-order valence-corrected chi connectivity index (χ2v) is 7.95. The molecular weight excluding hydrogens is 320 g/mol. The average molecular weight is 346 g/mol. The minimum Gasteiger partial charge on any atom is -0.342 e. The van der Waals surface area contributed by atoms with Crippen LogP contribution in [0.4, 0.5) is 0 Å². The molecule has 0 radical (unpaired) electrons. The van der Waals surface area contributed by atoms with Crippen LogP contribution in [-0.2, 0) is 9.59 Å². The molecule has 1 aliphatic carbocycles. The highest BCUT2D eigenvalue weighted by molar-refractivity contribution is 5.89. The van der Waals surface area contributed by atoms with Gasteiger partial charge in [-0.05, 0) is 25.7 Å². The van der Waals surface area contributed by atoms with E-state index in [1.54, 1.807) is 0 Å². The predicted molar refractivity (Wildman–Crippen MR) is 89.8 cm³/mol. The monoisotopic (exact) mass is 346 g/mol. The molecule has 0 spiro atoms. The van der Waals surface area contributed by atoms with Gasteiger partial charge in [-0.3, -0.25) is 9.59 Å². The van der Waals surface area contributed by atoms with Gasteiger partial charge in [0.1, 0.15) is 0 Å². The number of piperidine rings is 1. The fourth-order valence-electron chi connectivity index (χ4n) is 3.93. The van der Waals surface area contributed by atoms with Crippen molar-refractivity contribution in [3.8, 4) is 0 Å². The molecule has 4 rings (SSSR count). The van der Waals surface area contributed by atoms with Crippen LogP contribution in [0, 0.1) is 5.92 Å². The lowest BCUT2D eigenvalue weighted by Crippen LogP contribution is -2.43. The lowest BCUT2D eigenvalue weighted by molar-refractivity contribution is -0.137. The number of likely N-dealkylation sites (tertiary alicyclic amines) is 2. The summed E-state index contributed by atoms with van der Waals surface area (Å²) in [5.74, 6) is 1.79. The van der Waals surface area contributed by atoms with Crippen molar-refractivity contribution < 1.29 is 14.1 Å². The van der Waals surface area contributed by atoms with Crippen LogP contribution in [-0.4, -0.2) is 57.4 Å². The molecule has 7 heteroatoms. The minimum absolute atomic E-state index is 0.119. The van der Waals surface area contributed by atoms with E-state index in [2.05, 4.69) is 10.1 Å². The molecule has 3 aliphatic rings. The van der Waals surface area contributed by atoms with Crippen LogP contribution in [0.5, 0.6) is 0 Å². The van der Waals surface area contributed by atoms with Gasteiger partial charge in [0.25, 0.3) is 0 Å². The third-order valence-electron chi connectivity index (χ3n) is 5.54. The lowest BCUT2D eigenvalue weighted by atomic mass is 9.95. The molecule has 1 saturated carbocycles. The summed E-state index contributed by atoms with van der Waals surface area (Å²) in [5, 5.41) is 4.12. The van der Waals surface area contributed by atoms with Crippen molar-refractivity contribution in [1.29, 1.82) is 0 Å². The molecule has 1 aromatic heterocycles. The fraction of sp³-hybridized carbons (Fsp3) is 0.778. The number of nitrogens with zero attached hydrogens (tertiary/aromatic N) is 4. The van der Waals surface area contributed by atoms with Crippen LogP contribution < -0.4 is 0 Å². The summed E-state index contributed by atoms with van der Waals surface area (Å²) in [7, 11) is 0. The van der Waals surface area contributed by atoms with Gasteiger partial charge in [-0.2, -0.15) is 4.98 Å². The molecule has 0 bridgehead atoms. The van der Waals surface area contributed by atoms with Crippen LogP contribution in [0.25, 0.3) is 0 Å². The van der Waals surface area contributed by atoms with Gasteiger partial charge in [0.05, 0.1) is 5.92 Å². The van der Waals surface area contributed by atoms with Crippen molar-refractivity contribution in [3.05, 3.63) is 11.7 Å². The molecular formula is C18H26N4O3. The lowest BCUT2D eigenvalue weighted by Gasteiger charge is -2.33. The summed E-state index contributed by atoms with van der Waals surface area (Å²) in [6.45, 7) is 6.04. The zero-order valence-corrected chi connectivity index (χ0v) is 15.0. The van der Waals surface area contributed by atoms with E-state index in [0.29, 0.717) is 37.3 Å². The van der Waals surface area contributed by atoms with Gasteiger partial charge in [-0.25, -0.2) is 0 Å². The van der Waals surface area contributed by atoms with Crippen LogP contribution in [0.1, 0.15) is 69.5 Å². The molecule has 2 atom stereocenters. The van der Waals surface area contributed by atoms with Gasteiger partial charge < -0.3 is 14.3 Å². The number of carbonyl (C=O) groups excluding carboxylic acids is 2. The van der Waals surface area contributed by atoms with E-state index in [-0.39, 0.29) is 29.6 Å². The molecule has 2 saturated heterocycles. The molecule has 0 N–H and O–H groups in total. The number of rotatable bonds is 4. The van der Waals surface area contributed by atoms with Crippen molar-refractivity contribution >= 4 is 11.8 Å². The normalized spacial score (nSPS) is 27.4. The SMILES string of the molecule is CC(C)c1nc([C@@H]2CCCN(C(=O)[C@@H]3CC(=O)N(C4CC4)C3)C2)no1. The number of hydrogen-bond donors (Lipinski definition) is 0. The molecule has 3 heterocycles. The Morgan fingerprint density at radius 3 is 2.72 bits per heavy atom. The number of carbonyl (C=O) groups is 2. The van der Waals surface area contributed by atoms with E-state index in [1.165, 1.54) is 0 Å². The quantitative estimate of drug-likeness (QED) is 0.832. The van der Waals surface area contributed by atoms with Crippen molar-refractivity contribution in [2.24, 2.45) is 5.92 Å². The number of amides is 2. The number of aromatic nitrogens is 2. The molecule has 0 aromatic carbocycles. The first-order valence-corrected chi connectivity index (χ1v) is 9.44. The Labute approximate surface area is 147 Å². The highest BCUT2D eigenvalue weighted by Crippen LogP contribution is 2.34. The second-order valence-electron chi connectivity index (χ2n) is 7.95. The summed E-state index contributed by atoms with van der Waals surface area (Å²) < 4.78 is 5.32. The van der Waals surface area contributed by atoms with E-state index < -0.39 is 0 Å². The Kier molecular flexibility index (Phi) is 4.25. The Bertz CT molecular complexity index is 667. The largest absolute Gasteiger partial charge is 0.342 e. The first kappa shape index (κ1) is 16.5. The molecule has 136 valence electrons. The van der Waals surface area contributed by atoms with Gasteiger partial charge in [0.2, 0.25) is 17.7 Å². The molecule has 2 aliphatic heterocycles. The Morgan fingerprint density at radius 1 is 1.24 bits per heavy atom. The first-order chi connectivity index (χ1) is 12.0. The van der Waals surface area contributed by atoms with Gasteiger partial charge in [-0.15, -0.1) is 0 Å². The standard InChI is InChI=1S/C18H26N4O3/c1-11(2)17-19-16(20-25-17)12-4-3-7-21(9-12)18(24)13-8-15(23)22(10-13)14-5-6-14/h11-14H,3-10H2,1-2H3/t12-,13-/m1/s1. The average Bonchev–Trinajstić information content (AvgIpc) is 3.18. The van der Waals surface area contributed by atoms with Gasteiger partial charge in [0.15, 0.2) is 5.82 Å². The van der Waals surface area contributed by atoms with Gasteiger partial charge in [0, 0.05) is 43.9 Å². The first-order valence-electron chi connectivity index (χ1n) is 9.44. The van der Waals surface area contributed by atoms with E-state index in [9.17, 15) is 9.59 Å². The van der Waals surface area contributed by atoms with Crippen molar-refractivity contribution in [1.82, 2.24) is 19.9 Å². The van der Waals surface area contributed by atoms with E-state index in [4.69, 9.17) is 4.52 Å². The van der Waals surface area contributed by atoms with E-state index in [0.717, 1.165) is 32.2 Å². The third-order valence-corrected chi connectivity index (χ3v) is 5.54. The molecule has 3 fully saturated rings. The van der Waals surface area contributed by atoms with Crippen LogP contribution in [0.2, 0.25) is 0 Å². The van der Waals surface area contributed by atoms with Crippen LogP contribution >= 0.6 is 0 Å². The third kappa shape index (κ3) is 3.28. The second kappa shape index (κ2) is 6.42. The highest BCUT2D eigenvalue weighted by atomic mass is 16.5. The predicted octanol–water partition coefficient (Wildman–Crippen LogP) is 1.91. The Morgan fingerprint density at radius 2 is 2.04 bits per heavy atom. The summed E-state index contributed by atoms with van der Waals surface area (Å²) in [6, 6.07) is 0.396. The zero-order valence-electron chi connectivity index (χ0n) is 15.0.